The highest BCUT2D eigenvalue weighted by molar-refractivity contribution is 6.33. The van der Waals surface area contributed by atoms with E-state index in [0.29, 0.717) is 28.9 Å². The van der Waals surface area contributed by atoms with Crippen LogP contribution in [0.15, 0.2) is 85.1 Å². The Morgan fingerprint density at radius 1 is 0.882 bits per heavy atom. The predicted octanol–water partition coefficient (Wildman–Crippen LogP) is 7.33. The first-order valence-electron chi connectivity index (χ1n) is 11.1. The molecule has 5 aromatic rings. The largest absolute Gasteiger partial charge is 0.461 e. The number of hydrogen-bond acceptors (Lipinski definition) is 3. The molecule has 3 aromatic carbocycles. The number of pyridine rings is 1. The van der Waals surface area contributed by atoms with E-state index < -0.39 is 5.97 Å². The van der Waals surface area contributed by atoms with Gasteiger partial charge in [0.25, 0.3) is 0 Å². The molecule has 0 aliphatic heterocycles. The van der Waals surface area contributed by atoms with Crippen molar-refractivity contribution in [2.75, 3.05) is 6.61 Å². The number of halogens is 2. The number of ether oxygens (including phenoxy) is 1. The van der Waals surface area contributed by atoms with Crippen LogP contribution in [0.3, 0.4) is 0 Å². The van der Waals surface area contributed by atoms with E-state index in [1.807, 2.05) is 48.5 Å². The Morgan fingerprint density at radius 3 is 2.53 bits per heavy atom. The Kier molecular flexibility index (Phi) is 6.52. The van der Waals surface area contributed by atoms with Gasteiger partial charge in [-0.1, -0.05) is 71.7 Å². The number of para-hydroxylation sites is 1. The van der Waals surface area contributed by atoms with Gasteiger partial charge in [0.05, 0.1) is 18.3 Å². The number of hydrogen-bond donors (Lipinski definition) is 0. The van der Waals surface area contributed by atoms with Gasteiger partial charge >= 0.3 is 5.97 Å². The molecule has 0 fully saturated rings. The van der Waals surface area contributed by atoms with Gasteiger partial charge in [0, 0.05) is 32.9 Å². The smallest absolute Gasteiger partial charge is 0.356 e. The molecule has 0 aliphatic carbocycles. The fraction of sp³-hybridized carbons (Fsp3) is 0.143. The zero-order chi connectivity index (χ0) is 23.5. The summed E-state index contributed by atoms with van der Waals surface area (Å²) >= 11 is 12.6. The number of nitrogens with zero attached hydrogens (tertiary/aromatic N) is 2. The number of rotatable bonds is 7. The van der Waals surface area contributed by atoms with Gasteiger partial charge in [-0.15, -0.1) is 0 Å². The van der Waals surface area contributed by atoms with Crippen LogP contribution in [-0.4, -0.2) is 22.1 Å². The normalized spacial score (nSPS) is 11.2. The molecule has 0 bridgehead atoms. The molecule has 2 heterocycles. The van der Waals surface area contributed by atoms with Gasteiger partial charge in [0.2, 0.25) is 0 Å². The van der Waals surface area contributed by atoms with Gasteiger partial charge in [-0.3, -0.25) is 0 Å². The summed E-state index contributed by atoms with van der Waals surface area (Å²) in [7, 11) is 0. The fourth-order valence-corrected chi connectivity index (χ4v) is 4.59. The zero-order valence-electron chi connectivity index (χ0n) is 18.4. The van der Waals surface area contributed by atoms with E-state index in [9.17, 15) is 4.79 Å². The van der Waals surface area contributed by atoms with Crippen LogP contribution < -0.4 is 0 Å². The van der Waals surface area contributed by atoms with E-state index in [1.165, 1.54) is 5.56 Å². The number of benzene rings is 3. The predicted molar refractivity (Wildman–Crippen MR) is 138 cm³/mol. The Balaban J connectivity index is 1.40. The van der Waals surface area contributed by atoms with Crippen molar-refractivity contribution in [3.63, 3.8) is 0 Å². The van der Waals surface area contributed by atoms with Crippen LogP contribution in [0.1, 0.15) is 28.0 Å². The molecular weight excluding hydrogens is 467 g/mol. The minimum atomic E-state index is -0.412. The third-order valence-electron chi connectivity index (χ3n) is 5.89. The van der Waals surface area contributed by atoms with E-state index in [1.54, 1.807) is 18.3 Å². The summed E-state index contributed by atoms with van der Waals surface area (Å²) in [6, 6.07) is 25.5. The van der Waals surface area contributed by atoms with Crippen molar-refractivity contribution in [3.05, 3.63) is 112 Å². The molecule has 0 atom stereocenters. The average Bonchev–Trinajstić information content (AvgIpc) is 3.17. The summed E-state index contributed by atoms with van der Waals surface area (Å²) in [6.07, 6.45) is 3.35. The molecule has 4 nitrogen and oxygen atoms in total. The van der Waals surface area contributed by atoms with Crippen molar-refractivity contribution in [3.8, 4) is 0 Å². The molecule has 0 saturated heterocycles. The zero-order valence-corrected chi connectivity index (χ0v) is 19.9. The first-order valence-corrected chi connectivity index (χ1v) is 11.9. The Labute approximate surface area is 207 Å². The minimum Gasteiger partial charge on any atom is -0.461 e. The number of carbonyl (C=O) groups is 1. The second-order valence-electron chi connectivity index (χ2n) is 8.15. The SMILES string of the molecule is O=C(OCCCc1ccccc1)c1cc2c3ccccc3n(Cc3cc(Cl)ccc3Cl)c2cn1. The maximum absolute atomic E-state index is 12.7. The molecule has 0 unspecified atom stereocenters. The van der Waals surface area contributed by atoms with Gasteiger partial charge in [-0.05, 0) is 54.3 Å². The third kappa shape index (κ3) is 4.65. The van der Waals surface area contributed by atoms with Crippen molar-refractivity contribution >= 4 is 51.0 Å². The van der Waals surface area contributed by atoms with E-state index >= 15 is 0 Å². The van der Waals surface area contributed by atoms with Crippen molar-refractivity contribution in [2.45, 2.75) is 19.4 Å². The average molecular weight is 489 g/mol. The van der Waals surface area contributed by atoms with E-state index in [0.717, 1.165) is 40.2 Å². The van der Waals surface area contributed by atoms with E-state index in [-0.39, 0.29) is 0 Å². The standard InChI is InChI=1S/C28H22Cl2N2O2/c29-21-12-13-24(30)20(15-21)18-32-26-11-5-4-10-22(26)23-16-25(31-17-27(23)32)28(33)34-14-6-9-19-7-2-1-3-8-19/h1-5,7-8,10-13,15-17H,6,9,14,18H2. The lowest BCUT2D eigenvalue weighted by molar-refractivity contribution is 0.0494. The second kappa shape index (κ2) is 9.88. The molecule has 0 aliphatic rings. The van der Waals surface area contributed by atoms with Gasteiger partial charge in [0.15, 0.2) is 0 Å². The molecule has 0 radical (unpaired) electrons. The van der Waals surface area contributed by atoms with Crippen LogP contribution in [0.2, 0.25) is 10.0 Å². The van der Waals surface area contributed by atoms with Gasteiger partial charge in [0.1, 0.15) is 5.69 Å². The minimum absolute atomic E-state index is 0.302. The third-order valence-corrected chi connectivity index (χ3v) is 6.49. The number of esters is 1. The number of aromatic nitrogens is 2. The second-order valence-corrected chi connectivity index (χ2v) is 8.99. The maximum Gasteiger partial charge on any atom is 0.356 e. The van der Waals surface area contributed by atoms with Crippen LogP contribution in [-0.2, 0) is 17.7 Å². The van der Waals surface area contributed by atoms with Crippen molar-refractivity contribution in [2.24, 2.45) is 0 Å². The highest BCUT2D eigenvalue weighted by atomic mass is 35.5. The summed E-state index contributed by atoms with van der Waals surface area (Å²) < 4.78 is 7.64. The highest BCUT2D eigenvalue weighted by Crippen LogP contribution is 2.31. The summed E-state index contributed by atoms with van der Waals surface area (Å²) in [5, 5.41) is 3.27. The topological polar surface area (TPSA) is 44.1 Å². The lowest BCUT2D eigenvalue weighted by Gasteiger charge is -2.10. The maximum atomic E-state index is 12.7. The molecule has 0 saturated carbocycles. The quantitative estimate of drug-likeness (QED) is 0.178. The molecule has 170 valence electrons. The summed E-state index contributed by atoms with van der Waals surface area (Å²) in [5.41, 5.74) is 4.39. The molecule has 0 N–H and O–H groups in total. The number of carbonyl (C=O) groups excluding carboxylic acids is 1. The monoisotopic (exact) mass is 488 g/mol. The van der Waals surface area contributed by atoms with Gasteiger partial charge in [-0.2, -0.15) is 0 Å². The lowest BCUT2D eigenvalue weighted by atomic mass is 10.1. The summed E-state index contributed by atoms with van der Waals surface area (Å²) in [4.78, 5) is 17.1. The van der Waals surface area contributed by atoms with Crippen LogP contribution >= 0.6 is 23.2 Å². The molecule has 5 rings (SSSR count). The first-order chi connectivity index (χ1) is 16.6. The molecular formula is C28H22Cl2N2O2. The van der Waals surface area contributed by atoms with Crippen LogP contribution in [0.4, 0.5) is 0 Å². The van der Waals surface area contributed by atoms with Crippen molar-refractivity contribution in [1.82, 2.24) is 9.55 Å². The van der Waals surface area contributed by atoms with Crippen LogP contribution in [0.25, 0.3) is 21.8 Å². The van der Waals surface area contributed by atoms with Gasteiger partial charge in [-0.25, -0.2) is 9.78 Å². The Bertz CT molecular complexity index is 1480. The Hall–Kier alpha value is -3.34. The van der Waals surface area contributed by atoms with E-state index in [4.69, 9.17) is 27.9 Å². The van der Waals surface area contributed by atoms with Crippen LogP contribution in [0, 0.1) is 0 Å². The molecule has 6 heteroatoms. The van der Waals surface area contributed by atoms with Crippen molar-refractivity contribution in [1.29, 1.82) is 0 Å². The number of aryl methyl sites for hydroxylation is 1. The van der Waals surface area contributed by atoms with Crippen LogP contribution in [0.5, 0.6) is 0 Å². The summed E-state index contributed by atoms with van der Waals surface area (Å²) in [6.45, 7) is 0.886. The fourth-order valence-electron chi connectivity index (χ4n) is 4.22. The first kappa shape index (κ1) is 22.5. The lowest BCUT2D eigenvalue weighted by Crippen LogP contribution is -2.09. The number of fused-ring (bicyclic) bond motifs is 3. The Morgan fingerprint density at radius 2 is 1.68 bits per heavy atom. The highest BCUT2D eigenvalue weighted by Gasteiger charge is 2.16. The molecule has 0 amide bonds. The van der Waals surface area contributed by atoms with Gasteiger partial charge < -0.3 is 9.30 Å². The van der Waals surface area contributed by atoms with Crippen molar-refractivity contribution < 1.29 is 9.53 Å². The molecule has 0 spiro atoms. The van der Waals surface area contributed by atoms with E-state index in [2.05, 4.69) is 27.8 Å². The summed E-state index contributed by atoms with van der Waals surface area (Å²) in [5.74, 6) is -0.412. The molecule has 34 heavy (non-hydrogen) atoms. The molecule has 2 aromatic heterocycles.